The van der Waals surface area contributed by atoms with E-state index in [9.17, 15) is 4.79 Å². The van der Waals surface area contributed by atoms with Crippen molar-refractivity contribution in [1.82, 2.24) is 0 Å². The third-order valence-electron chi connectivity index (χ3n) is 1.45. The van der Waals surface area contributed by atoms with Crippen molar-refractivity contribution in [2.45, 2.75) is 26.4 Å². The van der Waals surface area contributed by atoms with E-state index >= 15 is 0 Å². The standard InChI is InChI=1S/C11H13NO2/c1-11(2,3)14-10-7-5-4-6-9(10)12-8-13/h4-7H,1-3H3. The lowest BCUT2D eigenvalue weighted by Gasteiger charge is -2.21. The molecule has 0 spiro atoms. The van der Waals surface area contributed by atoms with E-state index in [1.165, 1.54) is 6.08 Å². The van der Waals surface area contributed by atoms with Crippen molar-refractivity contribution in [3.8, 4) is 5.75 Å². The molecular formula is C11H13NO2. The van der Waals surface area contributed by atoms with Gasteiger partial charge < -0.3 is 4.74 Å². The summed E-state index contributed by atoms with van der Waals surface area (Å²) in [7, 11) is 0. The van der Waals surface area contributed by atoms with E-state index in [-0.39, 0.29) is 5.60 Å². The molecule has 0 N–H and O–H groups in total. The number of carbonyl (C=O) groups excluding carboxylic acids is 1. The molecule has 0 amide bonds. The molecule has 0 atom stereocenters. The first-order valence-electron chi connectivity index (χ1n) is 4.39. The summed E-state index contributed by atoms with van der Waals surface area (Å²) in [5, 5.41) is 0. The molecule has 74 valence electrons. The minimum absolute atomic E-state index is 0.297. The lowest BCUT2D eigenvalue weighted by atomic mass is 10.2. The first kappa shape index (κ1) is 10.5. The Labute approximate surface area is 83.4 Å². The number of para-hydroxylation sites is 2. The largest absolute Gasteiger partial charge is 0.486 e. The van der Waals surface area contributed by atoms with Crippen molar-refractivity contribution in [3.05, 3.63) is 24.3 Å². The van der Waals surface area contributed by atoms with Crippen LogP contribution in [0.1, 0.15) is 20.8 Å². The molecule has 14 heavy (non-hydrogen) atoms. The van der Waals surface area contributed by atoms with Gasteiger partial charge in [0.25, 0.3) is 0 Å². The summed E-state index contributed by atoms with van der Waals surface area (Å²) in [6.07, 6.45) is 1.51. The SMILES string of the molecule is CC(C)(C)Oc1ccccc1N=C=O. The van der Waals surface area contributed by atoms with Crippen LogP contribution in [0.25, 0.3) is 0 Å². The smallest absolute Gasteiger partial charge is 0.240 e. The highest BCUT2D eigenvalue weighted by molar-refractivity contribution is 5.57. The monoisotopic (exact) mass is 191 g/mol. The summed E-state index contributed by atoms with van der Waals surface area (Å²) in [6, 6.07) is 7.13. The van der Waals surface area contributed by atoms with E-state index in [2.05, 4.69) is 4.99 Å². The summed E-state index contributed by atoms with van der Waals surface area (Å²) in [5.74, 6) is 0.600. The van der Waals surface area contributed by atoms with Gasteiger partial charge in [-0.2, -0.15) is 4.99 Å². The fourth-order valence-corrected chi connectivity index (χ4v) is 1.01. The third kappa shape index (κ3) is 3.04. The predicted molar refractivity (Wildman–Crippen MR) is 54.6 cm³/mol. The fourth-order valence-electron chi connectivity index (χ4n) is 1.01. The maximum Gasteiger partial charge on any atom is 0.240 e. The Morgan fingerprint density at radius 1 is 1.29 bits per heavy atom. The van der Waals surface area contributed by atoms with Gasteiger partial charge in [-0.25, -0.2) is 4.79 Å². The molecular weight excluding hydrogens is 178 g/mol. The molecule has 0 aliphatic carbocycles. The van der Waals surface area contributed by atoms with Crippen LogP contribution in [0.3, 0.4) is 0 Å². The molecule has 0 heterocycles. The molecule has 0 radical (unpaired) electrons. The molecule has 1 rings (SSSR count). The average Bonchev–Trinajstić information content (AvgIpc) is 2.06. The lowest BCUT2D eigenvalue weighted by Crippen LogP contribution is -2.22. The highest BCUT2D eigenvalue weighted by Crippen LogP contribution is 2.29. The molecule has 0 saturated heterocycles. The fraction of sp³-hybridized carbons (Fsp3) is 0.364. The molecule has 0 aliphatic rings. The molecule has 0 aliphatic heterocycles. The number of benzene rings is 1. The van der Waals surface area contributed by atoms with Crippen LogP contribution in [-0.2, 0) is 4.79 Å². The first-order chi connectivity index (χ1) is 6.53. The second-order valence-corrected chi connectivity index (χ2v) is 3.89. The summed E-state index contributed by atoms with van der Waals surface area (Å²) >= 11 is 0. The highest BCUT2D eigenvalue weighted by Gasteiger charge is 2.13. The number of isocyanates is 1. The van der Waals surface area contributed by atoms with Gasteiger partial charge in [-0.3, -0.25) is 0 Å². The number of ether oxygens (including phenoxy) is 1. The lowest BCUT2D eigenvalue weighted by molar-refractivity contribution is 0.131. The van der Waals surface area contributed by atoms with Crippen molar-refractivity contribution in [3.63, 3.8) is 0 Å². The molecule has 1 aromatic rings. The summed E-state index contributed by atoms with van der Waals surface area (Å²) in [5.41, 5.74) is 0.214. The van der Waals surface area contributed by atoms with Gasteiger partial charge in [0.2, 0.25) is 6.08 Å². The van der Waals surface area contributed by atoms with E-state index in [1.807, 2.05) is 26.8 Å². The van der Waals surface area contributed by atoms with Gasteiger partial charge in [0.15, 0.2) is 0 Å². The second-order valence-electron chi connectivity index (χ2n) is 3.89. The van der Waals surface area contributed by atoms with Gasteiger partial charge in [0, 0.05) is 0 Å². The molecule has 0 unspecified atom stereocenters. The molecule has 1 aromatic carbocycles. The number of rotatable bonds is 2. The van der Waals surface area contributed by atoms with Crippen molar-refractivity contribution >= 4 is 11.8 Å². The molecule has 0 aromatic heterocycles. The Morgan fingerprint density at radius 2 is 1.93 bits per heavy atom. The zero-order chi connectivity index (χ0) is 10.6. The molecule has 0 bridgehead atoms. The molecule has 3 nitrogen and oxygen atoms in total. The summed E-state index contributed by atoms with van der Waals surface area (Å²) in [6.45, 7) is 5.82. The molecule has 3 heteroatoms. The van der Waals surface area contributed by atoms with Crippen molar-refractivity contribution in [2.75, 3.05) is 0 Å². The second kappa shape index (κ2) is 4.07. The van der Waals surface area contributed by atoms with Gasteiger partial charge in [0.1, 0.15) is 17.0 Å². The Kier molecular flexibility index (Phi) is 3.05. The minimum Gasteiger partial charge on any atom is -0.486 e. The predicted octanol–water partition coefficient (Wildman–Crippen LogP) is 2.83. The van der Waals surface area contributed by atoms with Crippen LogP contribution < -0.4 is 4.74 Å². The van der Waals surface area contributed by atoms with Gasteiger partial charge >= 0.3 is 0 Å². The van der Waals surface area contributed by atoms with Crippen molar-refractivity contribution < 1.29 is 9.53 Å². The minimum atomic E-state index is -0.297. The van der Waals surface area contributed by atoms with E-state index in [1.54, 1.807) is 18.2 Å². The van der Waals surface area contributed by atoms with Gasteiger partial charge in [-0.15, -0.1) is 0 Å². The van der Waals surface area contributed by atoms with E-state index < -0.39 is 0 Å². The Bertz CT molecular complexity index is 360. The maximum absolute atomic E-state index is 10.1. The van der Waals surface area contributed by atoms with E-state index in [0.717, 1.165) is 0 Å². The van der Waals surface area contributed by atoms with E-state index in [4.69, 9.17) is 4.74 Å². The quantitative estimate of drug-likeness (QED) is 0.532. The molecule has 0 fully saturated rings. The Hall–Kier alpha value is -1.60. The number of hydrogen-bond donors (Lipinski definition) is 0. The maximum atomic E-state index is 10.1. The van der Waals surface area contributed by atoms with Crippen LogP contribution in [-0.4, -0.2) is 11.7 Å². The van der Waals surface area contributed by atoms with Crippen LogP contribution in [0.2, 0.25) is 0 Å². The normalized spacial score (nSPS) is 10.5. The molecule has 0 saturated carbocycles. The van der Waals surface area contributed by atoms with Crippen molar-refractivity contribution in [2.24, 2.45) is 4.99 Å². The summed E-state index contributed by atoms with van der Waals surface area (Å²) in [4.78, 5) is 13.7. The van der Waals surface area contributed by atoms with Gasteiger partial charge in [-0.1, -0.05) is 12.1 Å². The number of nitrogens with zero attached hydrogens (tertiary/aromatic N) is 1. The van der Waals surface area contributed by atoms with E-state index in [0.29, 0.717) is 11.4 Å². The van der Waals surface area contributed by atoms with Gasteiger partial charge in [-0.05, 0) is 32.9 Å². The summed E-state index contributed by atoms with van der Waals surface area (Å²) < 4.78 is 5.61. The van der Waals surface area contributed by atoms with Crippen LogP contribution in [0.4, 0.5) is 5.69 Å². The zero-order valence-electron chi connectivity index (χ0n) is 8.57. The van der Waals surface area contributed by atoms with Crippen LogP contribution >= 0.6 is 0 Å². The Balaban J connectivity index is 3.01. The highest BCUT2D eigenvalue weighted by atomic mass is 16.5. The first-order valence-corrected chi connectivity index (χ1v) is 4.39. The number of aliphatic imine (C=N–C) groups is 1. The topological polar surface area (TPSA) is 38.7 Å². The zero-order valence-corrected chi connectivity index (χ0v) is 8.57. The van der Waals surface area contributed by atoms with Crippen LogP contribution in [0, 0.1) is 0 Å². The van der Waals surface area contributed by atoms with Crippen molar-refractivity contribution in [1.29, 1.82) is 0 Å². The average molecular weight is 191 g/mol. The van der Waals surface area contributed by atoms with Gasteiger partial charge in [0.05, 0.1) is 0 Å². The third-order valence-corrected chi connectivity index (χ3v) is 1.45. The Morgan fingerprint density at radius 3 is 2.50 bits per heavy atom. The number of hydrogen-bond acceptors (Lipinski definition) is 3. The van der Waals surface area contributed by atoms with Crippen LogP contribution in [0.5, 0.6) is 5.75 Å². The van der Waals surface area contributed by atoms with Crippen LogP contribution in [0.15, 0.2) is 29.3 Å².